The Balaban J connectivity index is 2.12. The molecule has 112 valence electrons. The lowest BCUT2D eigenvalue weighted by molar-refractivity contribution is -0.137. The lowest BCUT2D eigenvalue weighted by Crippen LogP contribution is -2.27. The maximum absolute atomic E-state index is 12.6. The van der Waals surface area contributed by atoms with Crippen molar-refractivity contribution in [2.75, 3.05) is 0 Å². The predicted octanol–water partition coefficient (Wildman–Crippen LogP) is 1.66. The van der Waals surface area contributed by atoms with Gasteiger partial charge in [0.2, 0.25) is 0 Å². The fraction of sp³-hybridized carbons (Fsp3) is 0.286. The van der Waals surface area contributed by atoms with Crippen molar-refractivity contribution in [2.24, 2.45) is 0 Å². The molecule has 0 unspecified atom stereocenters. The number of carbonyl (C=O) groups is 1. The first-order valence-electron chi connectivity index (χ1n) is 6.84. The summed E-state index contributed by atoms with van der Waals surface area (Å²) in [4.78, 5) is 28.2. The summed E-state index contributed by atoms with van der Waals surface area (Å²) in [5.41, 5.74) is 1.16. The van der Waals surface area contributed by atoms with E-state index in [0.717, 1.165) is 23.1 Å². The molecule has 7 nitrogen and oxygen atoms in total. The van der Waals surface area contributed by atoms with Gasteiger partial charge < -0.3 is 5.11 Å². The van der Waals surface area contributed by atoms with E-state index in [-0.39, 0.29) is 10.7 Å². The zero-order chi connectivity index (χ0) is 15.4. The van der Waals surface area contributed by atoms with Gasteiger partial charge in [-0.15, -0.1) is 0 Å². The number of aliphatic carboxylic acids is 1. The third kappa shape index (κ3) is 1.89. The second-order valence-corrected chi connectivity index (χ2v) is 5.80. The first kappa shape index (κ1) is 13.3. The van der Waals surface area contributed by atoms with E-state index in [0.29, 0.717) is 17.0 Å². The fourth-order valence-corrected chi connectivity index (χ4v) is 2.87. The summed E-state index contributed by atoms with van der Waals surface area (Å²) in [7, 11) is 0. The molecule has 1 N–H and O–H groups in total. The van der Waals surface area contributed by atoms with E-state index < -0.39 is 18.1 Å². The van der Waals surface area contributed by atoms with Gasteiger partial charge in [0.05, 0.1) is 11.6 Å². The molecule has 0 aliphatic heterocycles. The number of hydrogen-bond acceptors (Lipinski definition) is 4. The quantitative estimate of drug-likeness (QED) is 0.793. The highest BCUT2D eigenvalue weighted by Gasteiger charge is 2.26. The number of pyridine rings is 1. The summed E-state index contributed by atoms with van der Waals surface area (Å²) in [5, 5.41) is 13.7. The van der Waals surface area contributed by atoms with E-state index in [9.17, 15) is 9.59 Å². The largest absolute Gasteiger partial charge is 0.480 e. The molecule has 3 heterocycles. The molecule has 0 aromatic carbocycles. The van der Waals surface area contributed by atoms with Gasteiger partial charge >= 0.3 is 5.97 Å². The van der Waals surface area contributed by atoms with Crippen LogP contribution in [0.3, 0.4) is 0 Å². The van der Waals surface area contributed by atoms with Gasteiger partial charge in [0.25, 0.3) is 5.56 Å². The number of rotatable bonds is 3. The summed E-state index contributed by atoms with van der Waals surface area (Å²) in [6.45, 7) is -0.478. The molecule has 1 aliphatic rings. The first-order chi connectivity index (χ1) is 10.6. The molecule has 0 spiro atoms. The molecule has 0 saturated heterocycles. The van der Waals surface area contributed by atoms with Gasteiger partial charge in [-0.2, -0.15) is 9.61 Å². The number of carboxylic acids is 1. The van der Waals surface area contributed by atoms with Gasteiger partial charge in [-0.3, -0.25) is 14.2 Å². The minimum Gasteiger partial charge on any atom is -0.480 e. The third-order valence-corrected chi connectivity index (χ3v) is 4.08. The molecule has 0 radical (unpaired) electrons. The van der Waals surface area contributed by atoms with Gasteiger partial charge in [0, 0.05) is 11.6 Å². The standard InChI is InChI=1S/C14H11ClN4O3/c15-9-5-16-19-12-8(3-4-10(17-12)7-1-2-7)14(22)18(13(9)19)6-11(20)21/h3-5,7H,1-2,6H2,(H,20,21). The zero-order valence-corrected chi connectivity index (χ0v) is 12.1. The Bertz CT molecular complexity index is 987. The molecular formula is C14H11ClN4O3. The van der Waals surface area contributed by atoms with Crippen molar-refractivity contribution in [3.05, 3.63) is 39.4 Å². The Morgan fingerprint density at radius 2 is 2.18 bits per heavy atom. The summed E-state index contributed by atoms with van der Waals surface area (Å²) < 4.78 is 2.55. The summed E-state index contributed by atoms with van der Waals surface area (Å²) in [6, 6.07) is 3.51. The van der Waals surface area contributed by atoms with Crippen LogP contribution in [0, 0.1) is 0 Å². The van der Waals surface area contributed by atoms with Crippen molar-refractivity contribution >= 4 is 34.3 Å². The third-order valence-electron chi connectivity index (χ3n) is 3.82. The average Bonchev–Trinajstić information content (AvgIpc) is 3.26. The molecule has 3 aromatic rings. The van der Waals surface area contributed by atoms with Gasteiger partial charge in [-0.25, -0.2) is 4.98 Å². The van der Waals surface area contributed by atoms with Crippen molar-refractivity contribution in [1.82, 2.24) is 19.2 Å². The SMILES string of the molecule is O=C(O)Cn1c(=O)c2ccc(C3CC3)nc2n2ncc(Cl)c12. The monoisotopic (exact) mass is 318 g/mol. The number of aromatic nitrogens is 4. The van der Waals surface area contributed by atoms with Crippen molar-refractivity contribution in [2.45, 2.75) is 25.3 Å². The fourth-order valence-electron chi connectivity index (χ4n) is 2.64. The minimum atomic E-state index is -1.12. The Morgan fingerprint density at radius 3 is 2.86 bits per heavy atom. The van der Waals surface area contributed by atoms with Crippen LogP contribution >= 0.6 is 11.6 Å². The minimum absolute atomic E-state index is 0.221. The number of fused-ring (bicyclic) bond motifs is 3. The smallest absolute Gasteiger partial charge is 0.323 e. The molecular weight excluding hydrogens is 308 g/mol. The number of hydrogen-bond donors (Lipinski definition) is 1. The summed E-state index contributed by atoms with van der Waals surface area (Å²) in [6.07, 6.45) is 3.58. The molecule has 22 heavy (non-hydrogen) atoms. The van der Waals surface area contributed by atoms with Crippen LogP contribution in [0.5, 0.6) is 0 Å². The van der Waals surface area contributed by atoms with Crippen LogP contribution in [0.15, 0.2) is 23.1 Å². The van der Waals surface area contributed by atoms with Gasteiger partial charge in [-0.1, -0.05) is 11.6 Å². The molecule has 3 aromatic heterocycles. The van der Waals surface area contributed by atoms with E-state index >= 15 is 0 Å². The van der Waals surface area contributed by atoms with Crippen LogP contribution in [0.4, 0.5) is 0 Å². The number of halogens is 1. The number of nitrogens with zero attached hydrogens (tertiary/aromatic N) is 4. The lowest BCUT2D eigenvalue weighted by atomic mass is 10.2. The van der Waals surface area contributed by atoms with Crippen LogP contribution < -0.4 is 5.56 Å². The van der Waals surface area contributed by atoms with Crippen LogP contribution in [-0.2, 0) is 11.3 Å². The average molecular weight is 319 g/mol. The van der Waals surface area contributed by atoms with E-state index in [4.69, 9.17) is 16.7 Å². The Labute approximate surface area is 128 Å². The number of carboxylic acid groups (broad SMARTS) is 1. The molecule has 4 rings (SSSR count). The van der Waals surface area contributed by atoms with Crippen LogP contribution in [-0.4, -0.2) is 30.2 Å². The van der Waals surface area contributed by atoms with Gasteiger partial charge in [-0.05, 0) is 25.0 Å². The van der Waals surface area contributed by atoms with Crippen LogP contribution in [0.1, 0.15) is 24.5 Å². The molecule has 0 atom stereocenters. The Morgan fingerprint density at radius 1 is 1.41 bits per heavy atom. The molecule has 1 saturated carbocycles. The highest BCUT2D eigenvalue weighted by Crippen LogP contribution is 2.39. The van der Waals surface area contributed by atoms with Crippen LogP contribution in [0.25, 0.3) is 16.7 Å². The van der Waals surface area contributed by atoms with E-state index in [1.165, 1.54) is 10.7 Å². The molecule has 1 aliphatic carbocycles. The van der Waals surface area contributed by atoms with E-state index in [1.807, 2.05) is 6.07 Å². The molecule has 0 amide bonds. The summed E-state index contributed by atoms with van der Waals surface area (Å²) in [5.74, 6) is -0.685. The second-order valence-electron chi connectivity index (χ2n) is 5.39. The molecule has 0 bridgehead atoms. The van der Waals surface area contributed by atoms with Gasteiger partial charge in [0.15, 0.2) is 11.3 Å². The van der Waals surface area contributed by atoms with E-state index in [1.54, 1.807) is 6.07 Å². The maximum atomic E-state index is 12.6. The van der Waals surface area contributed by atoms with E-state index in [2.05, 4.69) is 10.1 Å². The topological polar surface area (TPSA) is 89.5 Å². The maximum Gasteiger partial charge on any atom is 0.323 e. The predicted molar refractivity (Wildman–Crippen MR) is 79.4 cm³/mol. The van der Waals surface area contributed by atoms with Crippen molar-refractivity contribution in [1.29, 1.82) is 0 Å². The highest BCUT2D eigenvalue weighted by molar-refractivity contribution is 6.33. The van der Waals surface area contributed by atoms with Crippen molar-refractivity contribution < 1.29 is 9.90 Å². The second kappa shape index (κ2) is 4.54. The lowest BCUT2D eigenvalue weighted by Gasteiger charge is -2.09. The zero-order valence-electron chi connectivity index (χ0n) is 11.4. The summed E-state index contributed by atoms with van der Waals surface area (Å²) >= 11 is 6.08. The van der Waals surface area contributed by atoms with Crippen molar-refractivity contribution in [3.8, 4) is 0 Å². The highest BCUT2D eigenvalue weighted by atomic mass is 35.5. The first-order valence-corrected chi connectivity index (χ1v) is 7.22. The Kier molecular flexibility index (Phi) is 2.74. The molecule has 8 heteroatoms. The molecule has 1 fully saturated rings. The Hall–Kier alpha value is -2.41. The van der Waals surface area contributed by atoms with Crippen molar-refractivity contribution in [3.63, 3.8) is 0 Å². The van der Waals surface area contributed by atoms with Crippen LogP contribution in [0.2, 0.25) is 5.02 Å². The van der Waals surface area contributed by atoms with Gasteiger partial charge in [0.1, 0.15) is 11.6 Å². The normalized spacial score (nSPS) is 14.8.